The number of benzene rings is 2. The molecule has 3 rings (SSSR count). The van der Waals surface area contributed by atoms with E-state index in [1.165, 1.54) is 11.3 Å². The molecule has 1 fully saturated rings. The zero-order valence-electron chi connectivity index (χ0n) is 14.2. The van der Waals surface area contributed by atoms with E-state index in [9.17, 15) is 4.79 Å². The van der Waals surface area contributed by atoms with Crippen molar-refractivity contribution >= 4 is 17.5 Å². The van der Waals surface area contributed by atoms with Crippen molar-refractivity contribution in [2.75, 3.05) is 37.6 Å². The Morgan fingerprint density at radius 3 is 2.25 bits per heavy atom. The number of ketones is 1. The summed E-state index contributed by atoms with van der Waals surface area (Å²) < 4.78 is 0. The second-order valence-electron chi connectivity index (χ2n) is 6.20. The number of piperazine rings is 1. The summed E-state index contributed by atoms with van der Waals surface area (Å²) in [6, 6.07) is 18.4. The molecule has 1 aliphatic heterocycles. The van der Waals surface area contributed by atoms with E-state index >= 15 is 0 Å². The van der Waals surface area contributed by atoms with Gasteiger partial charge in [0.1, 0.15) is 0 Å². The Balaban J connectivity index is 1.48. The summed E-state index contributed by atoms with van der Waals surface area (Å²) in [7, 11) is 0. The van der Waals surface area contributed by atoms with Gasteiger partial charge in [-0.1, -0.05) is 42.5 Å². The minimum atomic E-state index is 0.122. The predicted molar refractivity (Wildman–Crippen MR) is 101 cm³/mol. The molecule has 0 radical (unpaired) electrons. The van der Waals surface area contributed by atoms with Gasteiger partial charge in [0.05, 0.1) is 0 Å². The third kappa shape index (κ3) is 4.33. The molecule has 24 heavy (non-hydrogen) atoms. The van der Waals surface area contributed by atoms with Crippen molar-refractivity contribution in [3.8, 4) is 0 Å². The lowest BCUT2D eigenvalue weighted by atomic mass is 10.1. The van der Waals surface area contributed by atoms with Crippen LogP contribution >= 0.6 is 0 Å². The van der Waals surface area contributed by atoms with Gasteiger partial charge >= 0.3 is 0 Å². The molecular formula is C21H24N2O. The lowest BCUT2D eigenvalue weighted by Gasteiger charge is -2.35. The van der Waals surface area contributed by atoms with Crippen molar-refractivity contribution in [2.24, 2.45) is 0 Å². The molecular weight excluding hydrogens is 296 g/mol. The van der Waals surface area contributed by atoms with Gasteiger partial charge in [-0.2, -0.15) is 0 Å². The van der Waals surface area contributed by atoms with Gasteiger partial charge in [-0.15, -0.1) is 0 Å². The molecule has 0 bridgehead atoms. The van der Waals surface area contributed by atoms with Crippen LogP contribution < -0.4 is 4.90 Å². The molecule has 0 saturated carbocycles. The van der Waals surface area contributed by atoms with Crippen LogP contribution in [-0.4, -0.2) is 43.4 Å². The van der Waals surface area contributed by atoms with Crippen LogP contribution in [-0.2, 0) is 0 Å². The number of nitrogens with zero attached hydrogens (tertiary/aromatic N) is 2. The molecule has 2 aromatic rings. The van der Waals surface area contributed by atoms with Gasteiger partial charge in [-0.3, -0.25) is 9.69 Å². The van der Waals surface area contributed by atoms with E-state index in [0.29, 0.717) is 0 Å². The first-order chi connectivity index (χ1) is 11.7. The Labute approximate surface area is 144 Å². The molecule has 3 nitrogen and oxygen atoms in total. The number of carbonyl (C=O) groups is 1. The summed E-state index contributed by atoms with van der Waals surface area (Å²) in [6.45, 7) is 6.78. The third-order valence-electron chi connectivity index (χ3n) is 4.48. The van der Waals surface area contributed by atoms with Crippen molar-refractivity contribution in [1.29, 1.82) is 0 Å². The zero-order valence-corrected chi connectivity index (χ0v) is 14.2. The Bertz CT molecular complexity index is 684. The van der Waals surface area contributed by atoms with E-state index < -0.39 is 0 Å². The van der Waals surface area contributed by atoms with Gasteiger partial charge in [-0.25, -0.2) is 0 Å². The van der Waals surface area contributed by atoms with Gasteiger partial charge in [0, 0.05) is 44.0 Å². The highest BCUT2D eigenvalue weighted by Crippen LogP contribution is 2.17. The summed E-state index contributed by atoms with van der Waals surface area (Å²) in [5.41, 5.74) is 3.24. The first kappa shape index (κ1) is 16.5. The van der Waals surface area contributed by atoms with E-state index in [0.717, 1.165) is 38.3 Å². The largest absolute Gasteiger partial charge is 0.369 e. The van der Waals surface area contributed by atoms with Gasteiger partial charge in [-0.05, 0) is 36.8 Å². The monoisotopic (exact) mass is 320 g/mol. The minimum absolute atomic E-state index is 0.122. The fraction of sp³-hybridized carbons (Fsp3) is 0.286. The van der Waals surface area contributed by atoms with Crippen molar-refractivity contribution in [1.82, 2.24) is 4.90 Å². The van der Waals surface area contributed by atoms with Gasteiger partial charge in [0.15, 0.2) is 5.78 Å². The molecule has 0 spiro atoms. The topological polar surface area (TPSA) is 23.6 Å². The van der Waals surface area contributed by atoms with Gasteiger partial charge in [0.25, 0.3) is 0 Å². The highest BCUT2D eigenvalue weighted by molar-refractivity contribution is 5.94. The summed E-state index contributed by atoms with van der Waals surface area (Å²) in [6.07, 6.45) is 4.43. The number of rotatable bonds is 5. The Kier molecular flexibility index (Phi) is 5.44. The highest BCUT2D eigenvalue weighted by atomic mass is 16.1. The number of hydrogen-bond donors (Lipinski definition) is 0. The summed E-state index contributed by atoms with van der Waals surface area (Å²) in [4.78, 5) is 16.2. The summed E-state index contributed by atoms with van der Waals surface area (Å²) >= 11 is 0. The second-order valence-corrected chi connectivity index (χ2v) is 6.20. The molecule has 0 aromatic heterocycles. The van der Waals surface area contributed by atoms with E-state index in [1.54, 1.807) is 6.92 Å². The molecule has 0 aliphatic carbocycles. The summed E-state index contributed by atoms with van der Waals surface area (Å²) in [5, 5.41) is 0. The molecule has 0 amide bonds. The Morgan fingerprint density at radius 1 is 0.958 bits per heavy atom. The van der Waals surface area contributed by atoms with Crippen molar-refractivity contribution in [3.63, 3.8) is 0 Å². The molecule has 2 aromatic carbocycles. The van der Waals surface area contributed by atoms with E-state index in [2.05, 4.69) is 58.4 Å². The maximum Gasteiger partial charge on any atom is 0.159 e. The maximum atomic E-state index is 11.4. The van der Waals surface area contributed by atoms with Crippen molar-refractivity contribution in [3.05, 3.63) is 71.8 Å². The van der Waals surface area contributed by atoms with Crippen molar-refractivity contribution in [2.45, 2.75) is 6.92 Å². The predicted octanol–water partition coefficient (Wildman–Crippen LogP) is 3.72. The SMILES string of the molecule is CC(=O)c1ccc(N2CCN(C/C=C/c3ccccc3)CC2)cc1. The standard InChI is InChI=1S/C21H24N2O/c1-18(24)20-9-11-21(12-10-20)23-16-14-22(15-17-23)13-5-8-19-6-3-2-4-7-19/h2-12H,13-17H2,1H3/b8-5+. The normalized spacial score (nSPS) is 15.8. The zero-order chi connectivity index (χ0) is 16.8. The lowest BCUT2D eigenvalue weighted by Crippen LogP contribution is -2.46. The molecule has 3 heteroatoms. The van der Waals surface area contributed by atoms with Crippen LogP contribution in [0.1, 0.15) is 22.8 Å². The van der Waals surface area contributed by atoms with Crippen LogP contribution in [0.2, 0.25) is 0 Å². The van der Waals surface area contributed by atoms with Crippen LogP contribution in [0.5, 0.6) is 0 Å². The van der Waals surface area contributed by atoms with Crippen molar-refractivity contribution < 1.29 is 4.79 Å². The van der Waals surface area contributed by atoms with Crippen LogP contribution in [0.25, 0.3) is 6.08 Å². The fourth-order valence-electron chi connectivity index (χ4n) is 3.00. The number of Topliss-reactive ketones (excluding diaryl/α,β-unsaturated/α-hetero) is 1. The third-order valence-corrected chi connectivity index (χ3v) is 4.48. The second kappa shape index (κ2) is 7.93. The number of carbonyl (C=O) groups excluding carboxylic acids is 1. The first-order valence-electron chi connectivity index (χ1n) is 8.52. The maximum absolute atomic E-state index is 11.4. The quantitative estimate of drug-likeness (QED) is 0.784. The molecule has 1 heterocycles. The van der Waals surface area contributed by atoms with E-state index in [-0.39, 0.29) is 5.78 Å². The lowest BCUT2D eigenvalue weighted by molar-refractivity contribution is 0.101. The highest BCUT2D eigenvalue weighted by Gasteiger charge is 2.16. The smallest absolute Gasteiger partial charge is 0.159 e. The average molecular weight is 320 g/mol. The molecule has 0 atom stereocenters. The molecule has 0 N–H and O–H groups in total. The molecule has 124 valence electrons. The Hall–Kier alpha value is -2.39. The first-order valence-corrected chi connectivity index (χ1v) is 8.52. The molecule has 1 aliphatic rings. The van der Waals surface area contributed by atoms with Gasteiger partial charge < -0.3 is 4.90 Å². The fourth-order valence-corrected chi connectivity index (χ4v) is 3.00. The summed E-state index contributed by atoms with van der Waals surface area (Å²) in [5.74, 6) is 0.122. The molecule has 1 saturated heterocycles. The minimum Gasteiger partial charge on any atom is -0.369 e. The van der Waals surface area contributed by atoms with Crippen LogP contribution in [0.3, 0.4) is 0 Å². The molecule has 0 unspecified atom stereocenters. The average Bonchev–Trinajstić information content (AvgIpc) is 2.63. The van der Waals surface area contributed by atoms with Crippen LogP contribution in [0.15, 0.2) is 60.7 Å². The number of hydrogen-bond acceptors (Lipinski definition) is 3. The van der Waals surface area contributed by atoms with E-state index in [4.69, 9.17) is 0 Å². The Morgan fingerprint density at radius 2 is 1.62 bits per heavy atom. The van der Waals surface area contributed by atoms with Gasteiger partial charge in [0.2, 0.25) is 0 Å². The number of anilines is 1. The van der Waals surface area contributed by atoms with Crippen LogP contribution in [0, 0.1) is 0 Å². The van der Waals surface area contributed by atoms with Crippen LogP contribution in [0.4, 0.5) is 5.69 Å². The van der Waals surface area contributed by atoms with E-state index in [1.807, 2.05) is 18.2 Å².